The Balaban J connectivity index is 2.44. The first-order chi connectivity index (χ1) is 9.48. The van der Waals surface area contributed by atoms with Crippen LogP contribution in [0.2, 0.25) is 0 Å². The van der Waals surface area contributed by atoms with E-state index in [1.54, 1.807) is 7.11 Å². The SMILES string of the molecule is COCCNCCNc1ccc(S(=O)(=O)C(F)F)cc1. The average molecular weight is 308 g/mol. The summed E-state index contributed by atoms with van der Waals surface area (Å²) < 4.78 is 51.9. The van der Waals surface area contributed by atoms with E-state index in [-0.39, 0.29) is 4.90 Å². The monoisotopic (exact) mass is 308 g/mol. The van der Waals surface area contributed by atoms with Gasteiger partial charge in [0.25, 0.3) is 0 Å². The highest BCUT2D eigenvalue weighted by molar-refractivity contribution is 7.91. The Bertz CT molecular complexity index is 492. The normalized spacial score (nSPS) is 11.8. The van der Waals surface area contributed by atoms with Gasteiger partial charge in [-0.2, -0.15) is 8.78 Å². The number of ether oxygens (including phenoxy) is 1. The van der Waals surface area contributed by atoms with Gasteiger partial charge in [-0.15, -0.1) is 0 Å². The summed E-state index contributed by atoms with van der Waals surface area (Å²) in [5.41, 5.74) is 0.673. The van der Waals surface area contributed by atoms with E-state index < -0.39 is 15.6 Å². The molecule has 0 atom stereocenters. The Morgan fingerprint density at radius 3 is 2.35 bits per heavy atom. The summed E-state index contributed by atoms with van der Waals surface area (Å²) in [6.45, 7) is 2.70. The molecule has 0 saturated carbocycles. The van der Waals surface area contributed by atoms with Crippen molar-refractivity contribution in [3.05, 3.63) is 24.3 Å². The van der Waals surface area contributed by atoms with E-state index in [1.807, 2.05) is 0 Å². The molecule has 0 aliphatic carbocycles. The summed E-state index contributed by atoms with van der Waals surface area (Å²) >= 11 is 0. The molecule has 0 radical (unpaired) electrons. The third kappa shape index (κ3) is 5.03. The van der Waals surface area contributed by atoms with Gasteiger partial charge < -0.3 is 15.4 Å². The number of sulfone groups is 1. The van der Waals surface area contributed by atoms with Crippen molar-refractivity contribution in [3.63, 3.8) is 0 Å². The minimum atomic E-state index is -4.52. The van der Waals surface area contributed by atoms with Gasteiger partial charge in [-0.1, -0.05) is 0 Å². The van der Waals surface area contributed by atoms with Crippen LogP contribution in [0.25, 0.3) is 0 Å². The van der Waals surface area contributed by atoms with Gasteiger partial charge in [0.2, 0.25) is 9.84 Å². The maximum absolute atomic E-state index is 12.3. The molecule has 0 aromatic heterocycles. The second-order valence-electron chi connectivity index (χ2n) is 4.00. The molecular weight excluding hydrogens is 290 g/mol. The van der Waals surface area contributed by atoms with E-state index >= 15 is 0 Å². The van der Waals surface area contributed by atoms with Crippen molar-refractivity contribution in [1.82, 2.24) is 5.32 Å². The van der Waals surface area contributed by atoms with Crippen molar-refractivity contribution in [2.24, 2.45) is 0 Å². The number of halogens is 2. The predicted octanol–water partition coefficient (Wildman–Crippen LogP) is 1.33. The molecule has 0 fully saturated rings. The smallest absolute Gasteiger partial charge is 0.341 e. The summed E-state index contributed by atoms with van der Waals surface area (Å²) in [4.78, 5) is -0.378. The largest absolute Gasteiger partial charge is 0.384 e. The van der Waals surface area contributed by atoms with Crippen LogP contribution in [0, 0.1) is 0 Å². The van der Waals surface area contributed by atoms with E-state index in [0.717, 1.165) is 6.54 Å². The molecule has 114 valence electrons. The van der Waals surface area contributed by atoms with Crippen LogP contribution >= 0.6 is 0 Å². The summed E-state index contributed by atoms with van der Waals surface area (Å²) in [7, 11) is -2.90. The number of nitrogens with one attached hydrogen (secondary N) is 2. The fourth-order valence-corrected chi connectivity index (χ4v) is 2.18. The first-order valence-electron chi connectivity index (χ1n) is 6.04. The molecule has 0 amide bonds. The lowest BCUT2D eigenvalue weighted by molar-refractivity contribution is 0.200. The zero-order chi connectivity index (χ0) is 15.0. The average Bonchev–Trinajstić information content (AvgIpc) is 2.43. The van der Waals surface area contributed by atoms with Crippen LogP contribution in [-0.4, -0.2) is 47.5 Å². The number of methoxy groups -OCH3 is 1. The molecule has 0 bridgehead atoms. The third-order valence-electron chi connectivity index (χ3n) is 2.53. The van der Waals surface area contributed by atoms with E-state index in [9.17, 15) is 17.2 Å². The Hall–Kier alpha value is -1.25. The second-order valence-corrected chi connectivity index (χ2v) is 5.92. The van der Waals surface area contributed by atoms with Gasteiger partial charge in [-0.3, -0.25) is 0 Å². The number of hydrogen-bond donors (Lipinski definition) is 2. The lowest BCUT2D eigenvalue weighted by Gasteiger charge is -2.08. The molecule has 0 aliphatic rings. The van der Waals surface area contributed by atoms with Crippen molar-refractivity contribution in [2.45, 2.75) is 10.7 Å². The molecule has 0 saturated heterocycles. The third-order valence-corrected chi connectivity index (χ3v) is 3.93. The predicted molar refractivity (Wildman–Crippen MR) is 72.9 cm³/mol. The first-order valence-corrected chi connectivity index (χ1v) is 7.58. The quantitative estimate of drug-likeness (QED) is 0.674. The summed E-state index contributed by atoms with van der Waals surface area (Å²) in [5.74, 6) is -3.40. The van der Waals surface area contributed by atoms with Crippen LogP contribution in [-0.2, 0) is 14.6 Å². The summed E-state index contributed by atoms with van der Waals surface area (Å²) in [5, 5.41) is 6.17. The Morgan fingerprint density at radius 2 is 1.80 bits per heavy atom. The van der Waals surface area contributed by atoms with Gasteiger partial charge in [0.05, 0.1) is 11.5 Å². The number of rotatable bonds is 9. The molecule has 0 aliphatic heterocycles. The van der Waals surface area contributed by atoms with Gasteiger partial charge in [-0.25, -0.2) is 8.42 Å². The lowest BCUT2D eigenvalue weighted by Crippen LogP contribution is -2.25. The van der Waals surface area contributed by atoms with Crippen molar-refractivity contribution < 1.29 is 21.9 Å². The van der Waals surface area contributed by atoms with Crippen molar-refractivity contribution in [2.75, 3.05) is 38.7 Å². The van der Waals surface area contributed by atoms with E-state index in [1.165, 1.54) is 24.3 Å². The number of anilines is 1. The molecule has 1 rings (SSSR count). The minimum absolute atomic E-state index is 0.378. The first kappa shape index (κ1) is 16.8. The summed E-state index contributed by atoms with van der Waals surface area (Å²) in [6, 6.07) is 5.26. The molecule has 2 N–H and O–H groups in total. The van der Waals surface area contributed by atoms with E-state index in [0.29, 0.717) is 25.4 Å². The highest BCUT2D eigenvalue weighted by Crippen LogP contribution is 2.19. The van der Waals surface area contributed by atoms with Crippen molar-refractivity contribution >= 4 is 15.5 Å². The topological polar surface area (TPSA) is 67.4 Å². The Labute approximate surface area is 117 Å². The number of alkyl halides is 2. The van der Waals surface area contributed by atoms with Crippen LogP contribution < -0.4 is 10.6 Å². The fraction of sp³-hybridized carbons (Fsp3) is 0.500. The molecule has 0 spiro atoms. The van der Waals surface area contributed by atoms with Gasteiger partial charge in [0.15, 0.2) is 0 Å². The molecule has 0 unspecified atom stereocenters. The standard InChI is InChI=1S/C12H18F2N2O3S/c1-19-9-8-15-6-7-16-10-2-4-11(5-3-10)20(17,18)12(13)14/h2-5,12,15-16H,6-9H2,1H3. The van der Waals surface area contributed by atoms with Gasteiger partial charge in [0.1, 0.15) is 0 Å². The zero-order valence-electron chi connectivity index (χ0n) is 11.1. The highest BCUT2D eigenvalue weighted by atomic mass is 32.2. The molecule has 5 nitrogen and oxygen atoms in total. The molecule has 20 heavy (non-hydrogen) atoms. The number of hydrogen-bond acceptors (Lipinski definition) is 5. The Kier molecular flexibility index (Phi) is 6.83. The van der Waals surface area contributed by atoms with Gasteiger partial charge in [0, 0.05) is 32.4 Å². The summed E-state index contributed by atoms with van der Waals surface area (Å²) in [6.07, 6.45) is 0. The van der Waals surface area contributed by atoms with Crippen LogP contribution in [0.5, 0.6) is 0 Å². The van der Waals surface area contributed by atoms with Crippen LogP contribution in [0.3, 0.4) is 0 Å². The second kappa shape index (κ2) is 8.13. The lowest BCUT2D eigenvalue weighted by atomic mass is 10.3. The Morgan fingerprint density at radius 1 is 1.15 bits per heavy atom. The van der Waals surface area contributed by atoms with E-state index in [2.05, 4.69) is 10.6 Å². The van der Waals surface area contributed by atoms with Crippen LogP contribution in [0.15, 0.2) is 29.2 Å². The van der Waals surface area contributed by atoms with Crippen LogP contribution in [0.4, 0.5) is 14.5 Å². The molecule has 8 heteroatoms. The van der Waals surface area contributed by atoms with E-state index in [4.69, 9.17) is 4.74 Å². The van der Waals surface area contributed by atoms with Crippen molar-refractivity contribution in [1.29, 1.82) is 0 Å². The maximum Gasteiger partial charge on any atom is 0.341 e. The number of benzene rings is 1. The fourth-order valence-electron chi connectivity index (χ4n) is 1.46. The minimum Gasteiger partial charge on any atom is -0.384 e. The zero-order valence-corrected chi connectivity index (χ0v) is 11.9. The molecule has 1 aromatic carbocycles. The van der Waals surface area contributed by atoms with Gasteiger partial charge in [-0.05, 0) is 24.3 Å². The highest BCUT2D eigenvalue weighted by Gasteiger charge is 2.26. The van der Waals surface area contributed by atoms with Crippen molar-refractivity contribution in [3.8, 4) is 0 Å². The van der Waals surface area contributed by atoms with Crippen LogP contribution in [0.1, 0.15) is 0 Å². The molecule has 1 aromatic rings. The maximum atomic E-state index is 12.3. The molecule has 0 heterocycles. The van der Waals surface area contributed by atoms with Gasteiger partial charge >= 0.3 is 5.76 Å². The molecular formula is C12H18F2N2O3S.